The smallest absolute Gasteiger partial charge is 0.314 e. The van der Waals surface area contributed by atoms with Crippen molar-refractivity contribution in [2.75, 3.05) is 0 Å². The molecule has 126 valence electrons. The Balaban J connectivity index is 2.81. The van der Waals surface area contributed by atoms with Crippen LogP contribution in [0.15, 0.2) is 15.9 Å². The average molecular weight is 320 g/mol. The number of carbonyl (C=O) groups excluding carboxylic acids is 1. The first-order chi connectivity index (χ1) is 10.9. The van der Waals surface area contributed by atoms with Gasteiger partial charge in [0.25, 0.3) is 5.56 Å². The quantitative estimate of drug-likeness (QED) is 0.778. The third kappa shape index (κ3) is 3.00. The van der Waals surface area contributed by atoms with Gasteiger partial charge in [0.1, 0.15) is 0 Å². The zero-order chi connectivity index (χ0) is 17.1. The van der Waals surface area contributed by atoms with E-state index in [4.69, 9.17) is 0 Å². The summed E-state index contributed by atoms with van der Waals surface area (Å²) in [6.07, 6.45) is 3.88. The molecule has 0 saturated carbocycles. The van der Waals surface area contributed by atoms with Crippen molar-refractivity contribution in [2.24, 2.45) is 0 Å². The van der Waals surface area contributed by atoms with Crippen LogP contribution >= 0.6 is 0 Å². The summed E-state index contributed by atoms with van der Waals surface area (Å²) in [5, 5.41) is 0. The van der Waals surface area contributed by atoms with E-state index < -0.39 is 6.04 Å². The molecule has 23 heavy (non-hydrogen) atoms. The van der Waals surface area contributed by atoms with Gasteiger partial charge in [-0.05, 0) is 26.7 Å². The summed E-state index contributed by atoms with van der Waals surface area (Å²) in [4.78, 5) is 41.4. The summed E-state index contributed by atoms with van der Waals surface area (Å²) in [5.41, 5.74) is 0.00878. The van der Waals surface area contributed by atoms with Crippen LogP contribution in [0.3, 0.4) is 0 Å². The van der Waals surface area contributed by atoms with Crippen LogP contribution in [0.1, 0.15) is 53.0 Å². The van der Waals surface area contributed by atoms with E-state index in [9.17, 15) is 14.4 Å². The minimum Gasteiger partial charge on any atom is -0.314 e. The molecule has 0 bridgehead atoms. The van der Waals surface area contributed by atoms with Crippen LogP contribution in [0.25, 0.3) is 11.2 Å². The molecule has 7 heteroatoms. The highest BCUT2D eigenvalue weighted by Crippen LogP contribution is 2.14. The molecule has 0 aromatic carbocycles. The standard InChI is InChI=1S/C16H24N4O3/c1-5-7-9-19-15(22)13-14(18(8-6-2)16(19)23)17-10-20(13)11(3)12(4)21/h10-11H,5-9H2,1-4H3. The highest BCUT2D eigenvalue weighted by atomic mass is 16.2. The molecule has 2 aromatic rings. The number of hydrogen-bond acceptors (Lipinski definition) is 4. The van der Waals surface area contributed by atoms with Gasteiger partial charge in [0.2, 0.25) is 0 Å². The predicted octanol–water partition coefficient (Wildman–Crippen LogP) is 1.72. The van der Waals surface area contributed by atoms with Gasteiger partial charge in [0, 0.05) is 13.1 Å². The first-order valence-corrected chi connectivity index (χ1v) is 8.14. The van der Waals surface area contributed by atoms with Gasteiger partial charge in [-0.1, -0.05) is 20.3 Å². The molecule has 7 nitrogen and oxygen atoms in total. The Kier molecular flexibility index (Phi) is 5.18. The van der Waals surface area contributed by atoms with Crippen LogP contribution in [0.5, 0.6) is 0 Å². The first kappa shape index (κ1) is 17.2. The molecule has 1 unspecified atom stereocenters. The van der Waals surface area contributed by atoms with E-state index >= 15 is 0 Å². The van der Waals surface area contributed by atoms with Crippen molar-refractivity contribution < 1.29 is 4.79 Å². The second-order valence-electron chi connectivity index (χ2n) is 5.86. The lowest BCUT2D eigenvalue weighted by Crippen LogP contribution is -2.41. The number of hydrogen-bond donors (Lipinski definition) is 0. The molecule has 0 N–H and O–H groups in total. The molecule has 0 spiro atoms. The molecule has 0 radical (unpaired) electrons. The van der Waals surface area contributed by atoms with E-state index in [1.807, 2.05) is 13.8 Å². The van der Waals surface area contributed by atoms with E-state index in [1.54, 1.807) is 11.5 Å². The SMILES string of the molecule is CCCCn1c(=O)c2c(ncn2C(C)C(C)=O)n(CCC)c1=O. The maximum Gasteiger partial charge on any atom is 0.332 e. The molecule has 1 atom stereocenters. The van der Waals surface area contributed by atoms with E-state index in [1.165, 1.54) is 22.4 Å². The number of fused-ring (bicyclic) bond motifs is 1. The minimum absolute atomic E-state index is 0.0583. The van der Waals surface area contributed by atoms with Crippen LogP contribution in [-0.2, 0) is 17.9 Å². The summed E-state index contributed by atoms with van der Waals surface area (Å²) in [7, 11) is 0. The Morgan fingerprint density at radius 2 is 1.87 bits per heavy atom. The number of carbonyl (C=O) groups is 1. The van der Waals surface area contributed by atoms with Crippen LogP contribution in [0.2, 0.25) is 0 Å². The van der Waals surface area contributed by atoms with Crippen LogP contribution in [0, 0.1) is 0 Å². The predicted molar refractivity (Wildman–Crippen MR) is 88.8 cm³/mol. The summed E-state index contributed by atoms with van der Waals surface area (Å²) in [5.74, 6) is -0.0583. The van der Waals surface area contributed by atoms with Gasteiger partial charge in [-0.25, -0.2) is 9.78 Å². The van der Waals surface area contributed by atoms with Crippen molar-refractivity contribution in [2.45, 2.75) is 66.1 Å². The number of ketones is 1. The molecule has 0 amide bonds. The molecule has 0 aliphatic heterocycles. The lowest BCUT2D eigenvalue weighted by molar-refractivity contribution is -0.119. The lowest BCUT2D eigenvalue weighted by atomic mass is 10.2. The summed E-state index contributed by atoms with van der Waals surface area (Å²) >= 11 is 0. The average Bonchev–Trinajstić information content (AvgIpc) is 2.95. The van der Waals surface area contributed by atoms with Crippen molar-refractivity contribution in [3.8, 4) is 0 Å². The summed E-state index contributed by atoms with van der Waals surface area (Å²) < 4.78 is 4.39. The minimum atomic E-state index is -0.486. The van der Waals surface area contributed by atoms with E-state index in [0.717, 1.165) is 19.3 Å². The highest BCUT2D eigenvalue weighted by molar-refractivity contribution is 5.82. The molecule has 2 heterocycles. The lowest BCUT2D eigenvalue weighted by Gasteiger charge is -2.14. The maximum atomic E-state index is 12.8. The maximum absolute atomic E-state index is 12.8. The monoisotopic (exact) mass is 320 g/mol. The van der Waals surface area contributed by atoms with E-state index in [2.05, 4.69) is 4.98 Å². The molecule has 0 aliphatic carbocycles. The second kappa shape index (κ2) is 6.93. The fraction of sp³-hybridized carbons (Fsp3) is 0.625. The fourth-order valence-corrected chi connectivity index (χ4v) is 2.63. The van der Waals surface area contributed by atoms with E-state index in [-0.39, 0.29) is 17.0 Å². The van der Waals surface area contributed by atoms with Gasteiger partial charge in [-0.2, -0.15) is 0 Å². The zero-order valence-corrected chi connectivity index (χ0v) is 14.2. The zero-order valence-electron chi connectivity index (χ0n) is 14.2. The fourth-order valence-electron chi connectivity index (χ4n) is 2.63. The van der Waals surface area contributed by atoms with Gasteiger partial charge < -0.3 is 4.57 Å². The van der Waals surface area contributed by atoms with Crippen molar-refractivity contribution in [3.63, 3.8) is 0 Å². The van der Waals surface area contributed by atoms with Gasteiger partial charge in [-0.15, -0.1) is 0 Å². The molecular formula is C16H24N4O3. The largest absolute Gasteiger partial charge is 0.332 e. The normalized spacial score (nSPS) is 12.7. The van der Waals surface area contributed by atoms with Crippen molar-refractivity contribution in [1.82, 2.24) is 18.7 Å². The number of unbranched alkanes of at least 4 members (excludes halogenated alkanes) is 1. The van der Waals surface area contributed by atoms with Crippen molar-refractivity contribution >= 4 is 16.9 Å². The number of Topliss-reactive ketones (excluding diaryl/α,β-unsaturated/α-hetero) is 1. The Labute approximate surface area is 134 Å². The number of aryl methyl sites for hydroxylation is 1. The second-order valence-corrected chi connectivity index (χ2v) is 5.86. The topological polar surface area (TPSA) is 78.9 Å². The van der Waals surface area contributed by atoms with Crippen LogP contribution < -0.4 is 11.2 Å². The van der Waals surface area contributed by atoms with Gasteiger partial charge in [0.15, 0.2) is 16.9 Å². The molecule has 0 aliphatic rings. The Morgan fingerprint density at radius 3 is 2.43 bits per heavy atom. The van der Waals surface area contributed by atoms with Crippen LogP contribution in [0.4, 0.5) is 0 Å². The van der Waals surface area contributed by atoms with Gasteiger partial charge >= 0.3 is 5.69 Å². The summed E-state index contributed by atoms with van der Waals surface area (Å²) in [6, 6.07) is -0.486. The number of rotatable bonds is 7. The van der Waals surface area contributed by atoms with E-state index in [0.29, 0.717) is 24.3 Å². The molecule has 2 aromatic heterocycles. The number of nitrogens with zero attached hydrogens (tertiary/aromatic N) is 4. The Hall–Kier alpha value is -2.18. The third-order valence-electron chi connectivity index (χ3n) is 4.13. The highest BCUT2D eigenvalue weighted by Gasteiger charge is 2.21. The van der Waals surface area contributed by atoms with Gasteiger partial charge in [0.05, 0.1) is 12.4 Å². The number of aromatic nitrogens is 4. The summed E-state index contributed by atoms with van der Waals surface area (Å²) in [6.45, 7) is 8.06. The Bertz CT molecular complexity index is 828. The van der Waals surface area contributed by atoms with Crippen LogP contribution in [-0.4, -0.2) is 24.5 Å². The Morgan fingerprint density at radius 1 is 1.17 bits per heavy atom. The molecular weight excluding hydrogens is 296 g/mol. The molecule has 0 saturated heterocycles. The molecule has 2 rings (SSSR count). The van der Waals surface area contributed by atoms with Gasteiger partial charge in [-0.3, -0.25) is 18.7 Å². The number of imidazole rings is 1. The van der Waals surface area contributed by atoms with Crippen molar-refractivity contribution in [3.05, 3.63) is 27.2 Å². The first-order valence-electron chi connectivity index (χ1n) is 8.14. The molecule has 0 fully saturated rings. The van der Waals surface area contributed by atoms with Crippen molar-refractivity contribution in [1.29, 1.82) is 0 Å². The third-order valence-corrected chi connectivity index (χ3v) is 4.13.